The van der Waals surface area contributed by atoms with Gasteiger partial charge in [-0.05, 0) is 57.9 Å². The molecular formula is C35H64O7. The highest BCUT2D eigenvalue weighted by Crippen LogP contribution is 2.28. The van der Waals surface area contributed by atoms with E-state index < -0.39 is 18.3 Å². The average molecular weight is 597 g/mol. The van der Waals surface area contributed by atoms with Crippen molar-refractivity contribution >= 4 is 5.97 Å². The number of esters is 1. The highest BCUT2D eigenvalue weighted by molar-refractivity contribution is 5.90. The molecule has 0 unspecified atom stereocenters. The van der Waals surface area contributed by atoms with Crippen LogP contribution in [0.3, 0.4) is 0 Å². The Morgan fingerprint density at radius 3 is 1.62 bits per heavy atom. The first-order valence-corrected chi connectivity index (χ1v) is 17.6. The van der Waals surface area contributed by atoms with Crippen LogP contribution >= 0.6 is 0 Å². The van der Waals surface area contributed by atoms with Gasteiger partial charge in [0.1, 0.15) is 6.10 Å². The van der Waals surface area contributed by atoms with E-state index in [1.54, 1.807) is 6.08 Å². The molecule has 7 nitrogen and oxygen atoms in total. The Labute approximate surface area is 256 Å². The lowest BCUT2D eigenvalue weighted by atomic mass is 9.99. The van der Waals surface area contributed by atoms with Crippen LogP contribution in [0.1, 0.15) is 162 Å². The number of cyclic esters (lactones) is 1. The number of carbonyl (C=O) groups is 1. The van der Waals surface area contributed by atoms with E-state index in [4.69, 9.17) is 9.47 Å². The summed E-state index contributed by atoms with van der Waals surface area (Å²) in [5.41, 5.74) is 0.576. The highest BCUT2D eigenvalue weighted by atomic mass is 16.5. The molecule has 1 fully saturated rings. The van der Waals surface area contributed by atoms with Gasteiger partial charge in [0.05, 0.1) is 36.6 Å². The molecule has 7 heteroatoms. The number of hydrogen-bond acceptors (Lipinski definition) is 7. The molecular weight excluding hydrogens is 532 g/mol. The standard InChI is InChI=1S/C35H64O7/c1-3-4-5-6-7-8-9-10-11-15-21-31(38)33-23-24-34(42-33)32(39)22-17-16-19-29(36)18-13-12-14-20-30(37)26-28-25-27(2)41-35(28)40/h25,27,29-34,36-39H,3-24,26H2,1-2H3/t27-,29-,30-,31-,32+,33+,34-/m1/s1. The number of carbonyl (C=O) groups excluding carboxylic acids is 1. The molecule has 0 spiro atoms. The Hall–Kier alpha value is -0.990. The molecule has 2 rings (SSSR count). The van der Waals surface area contributed by atoms with Gasteiger partial charge in [-0.1, -0.05) is 103 Å². The molecule has 0 aromatic carbocycles. The van der Waals surface area contributed by atoms with Crippen molar-refractivity contribution in [1.29, 1.82) is 0 Å². The summed E-state index contributed by atoms with van der Waals surface area (Å²) in [6.45, 7) is 4.07. The zero-order valence-electron chi connectivity index (χ0n) is 26.9. The Morgan fingerprint density at radius 2 is 1.10 bits per heavy atom. The van der Waals surface area contributed by atoms with Crippen molar-refractivity contribution in [1.82, 2.24) is 0 Å². The van der Waals surface area contributed by atoms with Crippen molar-refractivity contribution in [2.75, 3.05) is 0 Å². The Morgan fingerprint density at radius 1 is 0.667 bits per heavy atom. The summed E-state index contributed by atoms with van der Waals surface area (Å²) < 4.78 is 11.1. The lowest BCUT2D eigenvalue weighted by Crippen LogP contribution is -2.31. The molecule has 0 bridgehead atoms. The summed E-state index contributed by atoms with van der Waals surface area (Å²) in [5, 5.41) is 41.7. The molecule has 0 aliphatic carbocycles. The molecule has 2 aliphatic rings. The minimum atomic E-state index is -0.530. The predicted molar refractivity (Wildman–Crippen MR) is 168 cm³/mol. The predicted octanol–water partition coefficient (Wildman–Crippen LogP) is 7.06. The molecule has 42 heavy (non-hydrogen) atoms. The van der Waals surface area contributed by atoms with Crippen LogP contribution < -0.4 is 0 Å². The first-order chi connectivity index (χ1) is 20.3. The lowest BCUT2D eigenvalue weighted by molar-refractivity contribution is -0.139. The van der Waals surface area contributed by atoms with Gasteiger partial charge in [0, 0.05) is 12.0 Å². The second-order valence-corrected chi connectivity index (χ2v) is 13.1. The van der Waals surface area contributed by atoms with Gasteiger partial charge in [0.15, 0.2) is 0 Å². The second-order valence-electron chi connectivity index (χ2n) is 13.1. The minimum Gasteiger partial charge on any atom is -0.455 e. The number of hydrogen-bond donors (Lipinski definition) is 4. The topological polar surface area (TPSA) is 116 Å². The van der Waals surface area contributed by atoms with Crippen molar-refractivity contribution in [3.8, 4) is 0 Å². The van der Waals surface area contributed by atoms with Gasteiger partial charge in [0.25, 0.3) is 0 Å². The van der Waals surface area contributed by atoms with Gasteiger partial charge < -0.3 is 29.9 Å². The van der Waals surface area contributed by atoms with Crippen LogP contribution in [-0.4, -0.2) is 69.1 Å². The molecule has 2 heterocycles. The van der Waals surface area contributed by atoms with Gasteiger partial charge in [-0.15, -0.1) is 0 Å². The smallest absolute Gasteiger partial charge is 0.334 e. The molecule has 0 saturated carbocycles. The summed E-state index contributed by atoms with van der Waals surface area (Å²) in [7, 11) is 0. The fraction of sp³-hybridized carbons (Fsp3) is 0.914. The molecule has 246 valence electrons. The van der Waals surface area contributed by atoms with E-state index in [-0.39, 0.29) is 30.4 Å². The first kappa shape index (κ1) is 37.2. The Balaban J connectivity index is 1.41. The number of unbranched alkanes of at least 4 members (excludes halogenated alkanes) is 12. The summed E-state index contributed by atoms with van der Waals surface area (Å²) in [6, 6.07) is 0. The normalized spacial score (nSPS) is 23.5. The van der Waals surface area contributed by atoms with Crippen LogP contribution in [-0.2, 0) is 14.3 Å². The van der Waals surface area contributed by atoms with Crippen LogP contribution in [0.4, 0.5) is 0 Å². The van der Waals surface area contributed by atoms with Gasteiger partial charge in [-0.3, -0.25) is 0 Å². The van der Waals surface area contributed by atoms with Crippen LogP contribution in [0, 0.1) is 0 Å². The van der Waals surface area contributed by atoms with E-state index in [0.717, 1.165) is 70.6 Å². The molecule has 0 amide bonds. The van der Waals surface area contributed by atoms with Crippen molar-refractivity contribution in [2.24, 2.45) is 0 Å². The maximum absolute atomic E-state index is 11.6. The van der Waals surface area contributed by atoms with Crippen molar-refractivity contribution in [2.45, 2.75) is 204 Å². The van der Waals surface area contributed by atoms with E-state index in [0.29, 0.717) is 24.8 Å². The summed E-state index contributed by atoms with van der Waals surface area (Å²) >= 11 is 0. The molecule has 0 aromatic heterocycles. The summed E-state index contributed by atoms with van der Waals surface area (Å²) in [6.07, 6.45) is 22.4. The third-order valence-corrected chi connectivity index (χ3v) is 9.11. The quantitative estimate of drug-likeness (QED) is 0.0624. The average Bonchev–Trinajstić information content (AvgIpc) is 3.58. The molecule has 0 aromatic rings. The molecule has 1 saturated heterocycles. The first-order valence-electron chi connectivity index (χ1n) is 17.6. The summed E-state index contributed by atoms with van der Waals surface area (Å²) in [4.78, 5) is 11.6. The van der Waals surface area contributed by atoms with Crippen molar-refractivity contribution in [3.63, 3.8) is 0 Å². The monoisotopic (exact) mass is 596 g/mol. The Bertz CT molecular complexity index is 726. The van der Waals surface area contributed by atoms with Crippen LogP contribution in [0.2, 0.25) is 0 Å². The number of rotatable bonds is 26. The fourth-order valence-corrected chi connectivity index (χ4v) is 6.42. The zero-order valence-corrected chi connectivity index (χ0v) is 26.9. The zero-order chi connectivity index (χ0) is 30.6. The van der Waals surface area contributed by atoms with Crippen LogP contribution in [0.25, 0.3) is 0 Å². The highest BCUT2D eigenvalue weighted by Gasteiger charge is 2.34. The van der Waals surface area contributed by atoms with Gasteiger partial charge in [0.2, 0.25) is 0 Å². The van der Waals surface area contributed by atoms with E-state index >= 15 is 0 Å². The molecule has 2 aliphatic heterocycles. The maximum atomic E-state index is 11.6. The van der Waals surface area contributed by atoms with E-state index in [9.17, 15) is 25.2 Å². The third-order valence-electron chi connectivity index (χ3n) is 9.11. The van der Waals surface area contributed by atoms with E-state index in [2.05, 4.69) is 6.92 Å². The molecule has 7 atom stereocenters. The number of aliphatic hydroxyl groups is 4. The van der Waals surface area contributed by atoms with Gasteiger partial charge in [-0.25, -0.2) is 4.79 Å². The molecule has 4 N–H and O–H groups in total. The van der Waals surface area contributed by atoms with Gasteiger partial charge in [-0.2, -0.15) is 0 Å². The Kier molecular flexibility index (Phi) is 19.9. The third kappa shape index (κ3) is 16.2. The number of ether oxygens (including phenoxy) is 2. The SMILES string of the molecule is CCCCCCCCCCCC[C@@H](O)[C@@H]1CC[C@H]([C@@H](O)CCCC[C@H](O)CCCCC[C@@H](O)CC2=C[C@@H](C)OC2=O)O1. The lowest BCUT2D eigenvalue weighted by Gasteiger charge is -2.22. The van der Waals surface area contributed by atoms with E-state index in [1.165, 1.54) is 57.8 Å². The van der Waals surface area contributed by atoms with Crippen molar-refractivity contribution < 1.29 is 34.7 Å². The summed E-state index contributed by atoms with van der Waals surface area (Å²) in [5.74, 6) is -0.314. The van der Waals surface area contributed by atoms with Crippen molar-refractivity contribution in [3.05, 3.63) is 11.6 Å². The molecule has 0 radical (unpaired) electrons. The van der Waals surface area contributed by atoms with Gasteiger partial charge >= 0.3 is 5.97 Å². The largest absolute Gasteiger partial charge is 0.455 e. The maximum Gasteiger partial charge on any atom is 0.334 e. The van der Waals surface area contributed by atoms with Crippen LogP contribution in [0.5, 0.6) is 0 Å². The second kappa shape index (κ2) is 22.5. The number of aliphatic hydroxyl groups excluding tert-OH is 4. The van der Waals surface area contributed by atoms with E-state index in [1.807, 2.05) is 6.92 Å². The minimum absolute atomic E-state index is 0.147. The van der Waals surface area contributed by atoms with Crippen LogP contribution in [0.15, 0.2) is 11.6 Å². The fourth-order valence-electron chi connectivity index (χ4n) is 6.42.